The van der Waals surface area contributed by atoms with E-state index in [2.05, 4.69) is 27.1 Å². The molecular formula is C28H32N6O3. The Labute approximate surface area is 216 Å². The number of rotatable bonds is 7. The zero-order valence-electron chi connectivity index (χ0n) is 21.3. The molecule has 0 saturated carbocycles. The number of anilines is 1. The van der Waals surface area contributed by atoms with E-state index in [0.717, 1.165) is 35.5 Å². The van der Waals surface area contributed by atoms with Crippen LogP contribution in [0.25, 0.3) is 16.6 Å². The Morgan fingerprint density at radius 1 is 1.19 bits per heavy atom. The maximum absolute atomic E-state index is 11.1. The molecule has 192 valence electrons. The summed E-state index contributed by atoms with van der Waals surface area (Å²) >= 11 is 0. The first-order valence-corrected chi connectivity index (χ1v) is 12.7. The molecule has 0 aliphatic carbocycles. The summed E-state index contributed by atoms with van der Waals surface area (Å²) in [7, 11) is 0. The quantitative estimate of drug-likeness (QED) is 0.505. The second-order valence-corrected chi connectivity index (χ2v) is 10.5. The zero-order valence-corrected chi connectivity index (χ0v) is 21.3. The van der Waals surface area contributed by atoms with E-state index in [1.54, 1.807) is 30.8 Å². The van der Waals surface area contributed by atoms with Gasteiger partial charge in [-0.1, -0.05) is 6.08 Å². The van der Waals surface area contributed by atoms with E-state index in [9.17, 15) is 15.5 Å². The normalized spacial score (nSPS) is 17.5. The Balaban J connectivity index is 1.34. The number of nitriles is 1. The van der Waals surface area contributed by atoms with Crippen LogP contribution in [-0.4, -0.2) is 61.9 Å². The standard InChI is InChI=1S/C28H32N6O3/c1-27(2,35)19-37-23-13-24(26-21(15-29)17-32-34(26)18-23)20-6-7-25(31-16-20)33-11-8-28(36,9-12-33)14-22-5-3-4-10-30-22/h5-7,10,13,16-18,35-36H,3-4,8-9,11-12,14,19H2,1-2H3. The van der Waals surface area contributed by atoms with E-state index < -0.39 is 11.2 Å². The molecule has 9 nitrogen and oxygen atoms in total. The van der Waals surface area contributed by atoms with Gasteiger partial charge in [0.2, 0.25) is 0 Å². The first-order valence-electron chi connectivity index (χ1n) is 12.7. The molecule has 37 heavy (non-hydrogen) atoms. The van der Waals surface area contributed by atoms with Crippen LogP contribution in [0.4, 0.5) is 5.82 Å². The molecule has 0 atom stereocenters. The first-order chi connectivity index (χ1) is 17.7. The number of hydrogen-bond acceptors (Lipinski definition) is 8. The molecule has 0 radical (unpaired) electrons. The van der Waals surface area contributed by atoms with Gasteiger partial charge in [0.15, 0.2) is 0 Å². The van der Waals surface area contributed by atoms with Gasteiger partial charge >= 0.3 is 0 Å². The largest absolute Gasteiger partial charge is 0.489 e. The van der Waals surface area contributed by atoms with E-state index in [1.807, 2.05) is 24.4 Å². The molecular weight excluding hydrogens is 468 g/mol. The first kappa shape index (κ1) is 24.9. The van der Waals surface area contributed by atoms with Crippen LogP contribution in [0.2, 0.25) is 0 Å². The summed E-state index contributed by atoms with van der Waals surface area (Å²) in [5.41, 5.74) is 2.01. The van der Waals surface area contributed by atoms with Crippen LogP contribution < -0.4 is 9.64 Å². The van der Waals surface area contributed by atoms with Gasteiger partial charge in [-0.15, -0.1) is 0 Å². The monoisotopic (exact) mass is 500 g/mol. The van der Waals surface area contributed by atoms with Crippen molar-refractivity contribution in [3.63, 3.8) is 0 Å². The predicted octanol–water partition coefficient (Wildman–Crippen LogP) is 3.89. The molecule has 2 aliphatic heterocycles. The minimum atomic E-state index is -0.985. The molecule has 2 N–H and O–H groups in total. The van der Waals surface area contributed by atoms with Gasteiger partial charge in [-0.2, -0.15) is 10.4 Å². The SMILES string of the molecule is CC(C)(O)COc1cc(-c2ccc(N3CCC(O)(CC4=CCCC=N4)CC3)nc2)c2c(C#N)cnn2c1. The molecule has 2 aliphatic rings. The number of hydrogen-bond donors (Lipinski definition) is 2. The van der Waals surface area contributed by atoms with E-state index in [1.165, 1.54) is 6.20 Å². The highest BCUT2D eigenvalue weighted by atomic mass is 16.5. The Bertz CT molecular complexity index is 1370. The number of allylic oxidation sites excluding steroid dienone is 1. The van der Waals surface area contributed by atoms with E-state index in [0.29, 0.717) is 49.2 Å². The van der Waals surface area contributed by atoms with Crippen molar-refractivity contribution in [2.24, 2.45) is 4.99 Å². The topological polar surface area (TPSA) is 119 Å². The van der Waals surface area contributed by atoms with Crippen LogP contribution in [-0.2, 0) is 0 Å². The highest BCUT2D eigenvalue weighted by Crippen LogP contribution is 2.34. The van der Waals surface area contributed by atoms with Crippen LogP contribution in [0.1, 0.15) is 51.5 Å². The number of ether oxygens (including phenoxy) is 1. The minimum Gasteiger partial charge on any atom is -0.489 e. The number of pyridine rings is 2. The lowest BCUT2D eigenvalue weighted by Gasteiger charge is -2.39. The molecule has 0 unspecified atom stereocenters. The molecule has 0 bridgehead atoms. The Morgan fingerprint density at radius 3 is 2.65 bits per heavy atom. The number of aliphatic hydroxyl groups is 2. The van der Waals surface area contributed by atoms with Gasteiger partial charge in [0, 0.05) is 48.7 Å². The van der Waals surface area contributed by atoms with Crippen molar-refractivity contribution in [2.75, 3.05) is 24.6 Å². The van der Waals surface area contributed by atoms with Gasteiger partial charge in [0.05, 0.1) is 34.7 Å². The molecule has 0 amide bonds. The van der Waals surface area contributed by atoms with Gasteiger partial charge < -0.3 is 19.8 Å². The summed E-state index contributed by atoms with van der Waals surface area (Å²) in [6, 6.07) is 8.01. The molecule has 9 heteroatoms. The third-order valence-electron chi connectivity index (χ3n) is 6.82. The van der Waals surface area contributed by atoms with E-state index in [-0.39, 0.29) is 6.61 Å². The van der Waals surface area contributed by atoms with Crippen molar-refractivity contribution < 1.29 is 14.9 Å². The second-order valence-electron chi connectivity index (χ2n) is 10.5. The zero-order chi connectivity index (χ0) is 26.0. The van der Waals surface area contributed by atoms with Crippen molar-refractivity contribution in [2.45, 2.75) is 57.2 Å². The fourth-order valence-corrected chi connectivity index (χ4v) is 4.81. The highest BCUT2D eigenvalue weighted by Gasteiger charge is 2.33. The van der Waals surface area contributed by atoms with E-state index in [4.69, 9.17) is 9.72 Å². The molecule has 3 aromatic heterocycles. The third kappa shape index (κ3) is 5.66. The molecule has 5 rings (SSSR count). The van der Waals surface area contributed by atoms with E-state index >= 15 is 0 Å². The summed E-state index contributed by atoms with van der Waals surface area (Å²) in [4.78, 5) is 11.4. The Kier molecular flexibility index (Phi) is 6.71. The lowest BCUT2D eigenvalue weighted by Crippen LogP contribution is -2.45. The summed E-state index contributed by atoms with van der Waals surface area (Å²) < 4.78 is 7.44. The van der Waals surface area contributed by atoms with Crippen molar-refractivity contribution in [1.29, 1.82) is 5.26 Å². The molecule has 0 aromatic carbocycles. The summed E-state index contributed by atoms with van der Waals surface area (Å²) in [5.74, 6) is 1.38. The number of nitrogens with zero attached hydrogens (tertiary/aromatic N) is 6. The van der Waals surface area contributed by atoms with Crippen LogP contribution in [0, 0.1) is 11.3 Å². The van der Waals surface area contributed by atoms with Crippen molar-refractivity contribution in [3.8, 4) is 22.9 Å². The number of fused-ring (bicyclic) bond motifs is 1. The molecule has 0 spiro atoms. The van der Waals surface area contributed by atoms with Crippen LogP contribution in [0.15, 0.2) is 53.6 Å². The summed E-state index contributed by atoms with van der Waals surface area (Å²) in [5, 5.41) is 35.1. The van der Waals surface area contributed by atoms with Crippen LogP contribution >= 0.6 is 0 Å². The average Bonchev–Trinajstić information content (AvgIpc) is 3.31. The summed E-state index contributed by atoms with van der Waals surface area (Å²) in [6.45, 7) is 4.91. The van der Waals surface area contributed by atoms with Crippen LogP contribution in [0.5, 0.6) is 5.75 Å². The Morgan fingerprint density at radius 2 is 2.00 bits per heavy atom. The van der Waals surface area contributed by atoms with Gasteiger partial charge in [-0.05, 0) is 57.7 Å². The lowest BCUT2D eigenvalue weighted by atomic mass is 9.86. The highest BCUT2D eigenvalue weighted by molar-refractivity contribution is 5.85. The lowest BCUT2D eigenvalue weighted by molar-refractivity contribution is 0.0161. The van der Waals surface area contributed by atoms with Gasteiger partial charge in [-0.3, -0.25) is 4.99 Å². The maximum atomic E-state index is 11.1. The maximum Gasteiger partial charge on any atom is 0.138 e. The van der Waals surface area contributed by atoms with Crippen molar-refractivity contribution >= 4 is 17.5 Å². The van der Waals surface area contributed by atoms with Gasteiger partial charge in [0.25, 0.3) is 0 Å². The smallest absolute Gasteiger partial charge is 0.138 e. The van der Waals surface area contributed by atoms with Crippen molar-refractivity contribution in [3.05, 3.63) is 54.1 Å². The van der Waals surface area contributed by atoms with Gasteiger partial charge in [0.1, 0.15) is 24.2 Å². The predicted molar refractivity (Wildman–Crippen MR) is 142 cm³/mol. The number of piperidine rings is 1. The summed E-state index contributed by atoms with van der Waals surface area (Å²) in [6.07, 6.45) is 13.0. The molecule has 1 fully saturated rings. The molecule has 5 heterocycles. The molecule has 3 aromatic rings. The Hall–Kier alpha value is -3.74. The second kappa shape index (κ2) is 9.96. The third-order valence-corrected chi connectivity index (χ3v) is 6.82. The van der Waals surface area contributed by atoms with Crippen LogP contribution in [0.3, 0.4) is 0 Å². The molecule has 1 saturated heterocycles. The fourth-order valence-electron chi connectivity index (χ4n) is 4.81. The van der Waals surface area contributed by atoms with Gasteiger partial charge in [-0.25, -0.2) is 9.50 Å². The number of aromatic nitrogens is 3. The average molecular weight is 501 g/mol. The number of aliphatic imine (C=N–C) groups is 1. The minimum absolute atomic E-state index is 0.118. The van der Waals surface area contributed by atoms with Crippen molar-refractivity contribution in [1.82, 2.24) is 14.6 Å². The fraction of sp³-hybridized carbons (Fsp3) is 0.429.